The van der Waals surface area contributed by atoms with Gasteiger partial charge in [-0.15, -0.1) is 5.10 Å². The van der Waals surface area contributed by atoms with Crippen molar-refractivity contribution in [1.29, 1.82) is 0 Å². The van der Waals surface area contributed by atoms with Gasteiger partial charge in [-0.25, -0.2) is 0 Å². The number of anilines is 1. The average molecular weight is 305 g/mol. The second-order valence-electron chi connectivity index (χ2n) is 4.57. The van der Waals surface area contributed by atoms with Crippen molar-refractivity contribution in [1.82, 2.24) is 20.2 Å². The van der Waals surface area contributed by atoms with E-state index in [0.717, 1.165) is 18.6 Å². The molecule has 0 fully saturated rings. The van der Waals surface area contributed by atoms with E-state index in [2.05, 4.69) is 27.7 Å². The molecule has 0 saturated carbocycles. The molecule has 1 aromatic carbocycles. The monoisotopic (exact) mass is 305 g/mol. The van der Waals surface area contributed by atoms with Crippen LogP contribution in [0.15, 0.2) is 24.3 Å². The highest BCUT2D eigenvalue weighted by atomic mass is 16.5. The largest absolute Gasteiger partial charge is 0.497 e. The zero-order valence-corrected chi connectivity index (χ0v) is 12.7. The average Bonchev–Trinajstić information content (AvgIpc) is 2.98. The highest BCUT2D eigenvalue weighted by Gasteiger charge is 2.08. The molecule has 118 valence electrons. The number of rotatable bonds is 8. The zero-order valence-electron chi connectivity index (χ0n) is 12.7. The Balaban J connectivity index is 1.78. The number of ether oxygens (including phenoxy) is 2. The first kappa shape index (κ1) is 15.7. The number of hydrogen-bond donors (Lipinski definition) is 1. The summed E-state index contributed by atoms with van der Waals surface area (Å²) >= 11 is 0. The fourth-order valence-electron chi connectivity index (χ4n) is 1.67. The molecule has 8 heteroatoms. The molecule has 0 aliphatic carbocycles. The Kier molecular flexibility index (Phi) is 5.70. The third-order valence-electron chi connectivity index (χ3n) is 2.85. The molecular formula is C14H19N5O3. The van der Waals surface area contributed by atoms with Crippen molar-refractivity contribution in [2.24, 2.45) is 0 Å². The number of unbranched alkanes of at least 4 members (excludes halogenated alkanes) is 1. The number of nitrogens with zero attached hydrogens (tertiary/aromatic N) is 4. The van der Waals surface area contributed by atoms with Crippen molar-refractivity contribution < 1.29 is 14.3 Å². The van der Waals surface area contributed by atoms with E-state index < -0.39 is 0 Å². The second kappa shape index (κ2) is 7.96. The van der Waals surface area contributed by atoms with Gasteiger partial charge in [0, 0.05) is 0 Å². The van der Waals surface area contributed by atoms with Gasteiger partial charge < -0.3 is 9.47 Å². The van der Waals surface area contributed by atoms with Gasteiger partial charge in [-0.2, -0.15) is 4.80 Å². The van der Waals surface area contributed by atoms with Crippen LogP contribution >= 0.6 is 0 Å². The van der Waals surface area contributed by atoms with Crippen LogP contribution in [-0.4, -0.2) is 39.8 Å². The van der Waals surface area contributed by atoms with Gasteiger partial charge >= 0.3 is 0 Å². The molecule has 0 aliphatic rings. The lowest BCUT2D eigenvalue weighted by Gasteiger charge is -2.06. The quantitative estimate of drug-likeness (QED) is 0.794. The third kappa shape index (κ3) is 4.72. The predicted molar refractivity (Wildman–Crippen MR) is 79.8 cm³/mol. The fourth-order valence-corrected chi connectivity index (χ4v) is 1.67. The number of aryl methyl sites for hydroxylation is 1. The molecule has 8 nitrogen and oxygen atoms in total. The number of carbonyl (C=O) groups excluding carboxylic acids is 1. The van der Waals surface area contributed by atoms with Crippen molar-refractivity contribution >= 4 is 11.9 Å². The minimum atomic E-state index is -0.342. The Hall–Kier alpha value is -2.64. The lowest BCUT2D eigenvalue weighted by Crippen LogP contribution is -2.21. The van der Waals surface area contributed by atoms with Crippen LogP contribution in [0.2, 0.25) is 0 Å². The maximum atomic E-state index is 11.8. The third-order valence-corrected chi connectivity index (χ3v) is 2.85. The Bertz CT molecular complexity index is 597. The second-order valence-corrected chi connectivity index (χ2v) is 4.57. The van der Waals surface area contributed by atoms with E-state index in [4.69, 9.17) is 9.47 Å². The van der Waals surface area contributed by atoms with Crippen LogP contribution in [-0.2, 0) is 11.3 Å². The van der Waals surface area contributed by atoms with Crippen molar-refractivity contribution in [3.8, 4) is 11.5 Å². The lowest BCUT2D eigenvalue weighted by molar-refractivity contribution is -0.118. The van der Waals surface area contributed by atoms with Gasteiger partial charge in [0.1, 0.15) is 11.5 Å². The van der Waals surface area contributed by atoms with Gasteiger partial charge in [-0.1, -0.05) is 18.4 Å². The van der Waals surface area contributed by atoms with Gasteiger partial charge in [0.25, 0.3) is 11.9 Å². The number of carbonyl (C=O) groups is 1. The summed E-state index contributed by atoms with van der Waals surface area (Å²) in [7, 11) is 1.59. The molecule has 0 aliphatic heterocycles. The SMILES string of the molecule is CCCCn1nnc(NC(=O)COc2ccc(OC)cc2)n1. The van der Waals surface area contributed by atoms with E-state index in [0.29, 0.717) is 12.3 Å². The number of nitrogens with one attached hydrogen (secondary N) is 1. The maximum absolute atomic E-state index is 11.8. The topological polar surface area (TPSA) is 91.2 Å². The van der Waals surface area contributed by atoms with E-state index in [1.165, 1.54) is 4.80 Å². The number of methoxy groups -OCH3 is 1. The summed E-state index contributed by atoms with van der Waals surface area (Å²) in [5.74, 6) is 1.14. The molecular weight excluding hydrogens is 286 g/mol. The van der Waals surface area contributed by atoms with Crippen LogP contribution in [0.1, 0.15) is 19.8 Å². The van der Waals surface area contributed by atoms with E-state index in [9.17, 15) is 4.79 Å². The van der Waals surface area contributed by atoms with Crippen molar-refractivity contribution in [2.75, 3.05) is 19.0 Å². The highest BCUT2D eigenvalue weighted by molar-refractivity contribution is 5.90. The van der Waals surface area contributed by atoms with E-state index >= 15 is 0 Å². The van der Waals surface area contributed by atoms with E-state index in [1.807, 2.05) is 0 Å². The minimum absolute atomic E-state index is 0.129. The van der Waals surface area contributed by atoms with Gasteiger partial charge in [-0.3, -0.25) is 10.1 Å². The summed E-state index contributed by atoms with van der Waals surface area (Å²) in [6, 6.07) is 6.97. The molecule has 1 N–H and O–H groups in total. The molecule has 1 amide bonds. The molecule has 0 unspecified atom stereocenters. The van der Waals surface area contributed by atoms with Crippen LogP contribution in [0.5, 0.6) is 11.5 Å². The van der Waals surface area contributed by atoms with Crippen molar-refractivity contribution in [3.05, 3.63) is 24.3 Å². The van der Waals surface area contributed by atoms with Gasteiger partial charge in [-0.05, 0) is 35.9 Å². The number of hydrogen-bond acceptors (Lipinski definition) is 6. The first-order valence-electron chi connectivity index (χ1n) is 7.05. The van der Waals surface area contributed by atoms with Crippen LogP contribution in [0, 0.1) is 0 Å². The van der Waals surface area contributed by atoms with Crippen LogP contribution in [0.25, 0.3) is 0 Å². The normalized spacial score (nSPS) is 10.3. The molecule has 2 aromatic rings. The smallest absolute Gasteiger partial charge is 0.270 e. The standard InChI is InChI=1S/C14H19N5O3/c1-3-4-9-19-17-14(16-18-19)15-13(20)10-22-12-7-5-11(21-2)6-8-12/h5-8H,3-4,9-10H2,1-2H3,(H,15,17,20). The number of amides is 1. The summed E-state index contributed by atoms with van der Waals surface area (Å²) in [6.07, 6.45) is 2.00. The Morgan fingerprint density at radius 3 is 2.68 bits per heavy atom. The van der Waals surface area contributed by atoms with Crippen LogP contribution in [0.3, 0.4) is 0 Å². The summed E-state index contributed by atoms with van der Waals surface area (Å²) in [5.41, 5.74) is 0. The summed E-state index contributed by atoms with van der Waals surface area (Å²) in [5, 5.41) is 14.2. The summed E-state index contributed by atoms with van der Waals surface area (Å²) < 4.78 is 10.4. The fraction of sp³-hybridized carbons (Fsp3) is 0.429. The number of benzene rings is 1. The summed E-state index contributed by atoms with van der Waals surface area (Å²) in [6.45, 7) is 2.63. The molecule has 0 radical (unpaired) electrons. The lowest BCUT2D eigenvalue weighted by atomic mass is 10.3. The molecule has 22 heavy (non-hydrogen) atoms. The summed E-state index contributed by atoms with van der Waals surface area (Å²) in [4.78, 5) is 13.2. The minimum Gasteiger partial charge on any atom is -0.497 e. The number of tetrazole rings is 1. The highest BCUT2D eigenvalue weighted by Crippen LogP contribution is 2.16. The number of aromatic nitrogens is 4. The predicted octanol–water partition coefficient (Wildman–Crippen LogP) is 1.50. The molecule has 0 bridgehead atoms. The maximum Gasteiger partial charge on any atom is 0.270 e. The first-order chi connectivity index (χ1) is 10.7. The molecule has 0 spiro atoms. The van der Waals surface area contributed by atoms with Crippen LogP contribution < -0.4 is 14.8 Å². The van der Waals surface area contributed by atoms with Gasteiger partial charge in [0.05, 0.1) is 13.7 Å². The molecule has 2 rings (SSSR count). The zero-order chi connectivity index (χ0) is 15.8. The Labute approximate surface area is 128 Å². The van der Waals surface area contributed by atoms with E-state index in [1.54, 1.807) is 31.4 Å². The van der Waals surface area contributed by atoms with Crippen molar-refractivity contribution in [3.63, 3.8) is 0 Å². The van der Waals surface area contributed by atoms with Crippen LogP contribution in [0.4, 0.5) is 5.95 Å². The molecule has 1 aromatic heterocycles. The van der Waals surface area contributed by atoms with E-state index in [-0.39, 0.29) is 18.5 Å². The van der Waals surface area contributed by atoms with Gasteiger partial charge in [0.2, 0.25) is 0 Å². The molecule has 1 heterocycles. The Morgan fingerprint density at radius 1 is 1.27 bits per heavy atom. The van der Waals surface area contributed by atoms with Crippen molar-refractivity contribution in [2.45, 2.75) is 26.3 Å². The molecule has 0 saturated heterocycles. The molecule has 0 atom stereocenters. The first-order valence-corrected chi connectivity index (χ1v) is 7.05. The Morgan fingerprint density at radius 2 is 2.00 bits per heavy atom. The van der Waals surface area contributed by atoms with Gasteiger partial charge in [0.15, 0.2) is 6.61 Å².